The predicted molar refractivity (Wildman–Crippen MR) is 85.8 cm³/mol. The van der Waals surface area contributed by atoms with Gasteiger partial charge in [-0.05, 0) is 12.5 Å². The first-order valence-electron chi connectivity index (χ1n) is 6.70. The van der Waals surface area contributed by atoms with E-state index in [9.17, 15) is 25.0 Å². The summed E-state index contributed by atoms with van der Waals surface area (Å²) in [5.74, 6) is -1.46. The van der Waals surface area contributed by atoms with Crippen LogP contribution in [0, 0.1) is 20.2 Å². The van der Waals surface area contributed by atoms with Gasteiger partial charge in [0.2, 0.25) is 0 Å². The molecule has 1 unspecified atom stereocenters. The molecule has 9 nitrogen and oxygen atoms in total. The first-order valence-corrected chi connectivity index (χ1v) is 6.70. The summed E-state index contributed by atoms with van der Waals surface area (Å²) < 4.78 is 0. The molecule has 0 bridgehead atoms. The number of nitro groups is 2. The van der Waals surface area contributed by atoms with Crippen molar-refractivity contribution in [3.05, 3.63) is 79.9 Å². The highest BCUT2D eigenvalue weighted by Crippen LogP contribution is 2.22. The Morgan fingerprint density at radius 2 is 1.50 bits per heavy atom. The van der Waals surface area contributed by atoms with Crippen molar-refractivity contribution in [2.24, 2.45) is 5.73 Å². The van der Waals surface area contributed by atoms with Crippen molar-refractivity contribution in [2.75, 3.05) is 0 Å². The minimum absolute atomic E-state index is 0.159. The molecule has 3 N–H and O–H groups in total. The van der Waals surface area contributed by atoms with E-state index in [1.165, 1.54) is 5.56 Å². The number of carboxylic acid groups (broad SMARTS) is 1. The van der Waals surface area contributed by atoms with Gasteiger partial charge in [0, 0.05) is 18.2 Å². The maximum Gasteiger partial charge on any atom is 0.336 e. The second-order valence-electron chi connectivity index (χ2n) is 4.76. The van der Waals surface area contributed by atoms with Crippen molar-refractivity contribution in [3.63, 3.8) is 0 Å². The zero-order valence-electron chi connectivity index (χ0n) is 12.7. The third-order valence-corrected chi connectivity index (χ3v) is 2.90. The summed E-state index contributed by atoms with van der Waals surface area (Å²) in [5.41, 5.74) is 5.07. The van der Waals surface area contributed by atoms with Crippen molar-refractivity contribution in [2.45, 2.75) is 13.0 Å². The molecule has 0 aromatic heterocycles. The maximum atomic E-state index is 10.5. The quantitative estimate of drug-likeness (QED) is 0.645. The molecule has 0 heterocycles. The van der Waals surface area contributed by atoms with E-state index in [1.54, 1.807) is 0 Å². The van der Waals surface area contributed by atoms with Crippen molar-refractivity contribution >= 4 is 17.3 Å². The lowest BCUT2D eigenvalue weighted by Gasteiger charge is -2.02. The Morgan fingerprint density at radius 1 is 1.04 bits per heavy atom. The summed E-state index contributed by atoms with van der Waals surface area (Å²) in [4.78, 5) is 29.4. The lowest BCUT2D eigenvalue weighted by molar-refractivity contribution is -0.394. The van der Waals surface area contributed by atoms with Crippen molar-refractivity contribution in [1.82, 2.24) is 0 Å². The molecule has 2 aromatic rings. The van der Waals surface area contributed by atoms with Crippen molar-refractivity contribution in [3.8, 4) is 0 Å². The number of non-ortho nitro benzene ring substituents is 2. The van der Waals surface area contributed by atoms with E-state index in [1.807, 2.05) is 37.3 Å². The molecule has 0 spiro atoms. The normalized spacial score (nSPS) is 10.9. The maximum absolute atomic E-state index is 10.5. The van der Waals surface area contributed by atoms with E-state index >= 15 is 0 Å². The molecule has 0 aliphatic rings. The van der Waals surface area contributed by atoms with Gasteiger partial charge in [-0.15, -0.1) is 0 Å². The molecule has 0 saturated carbocycles. The molecule has 0 radical (unpaired) electrons. The number of hydrogen-bond donors (Lipinski definition) is 2. The van der Waals surface area contributed by atoms with Crippen LogP contribution >= 0.6 is 0 Å². The van der Waals surface area contributed by atoms with Crippen LogP contribution in [-0.2, 0) is 0 Å². The third kappa shape index (κ3) is 5.46. The molecule has 9 heteroatoms. The minimum atomic E-state index is -1.46. The molecule has 2 rings (SSSR count). The summed E-state index contributed by atoms with van der Waals surface area (Å²) in [7, 11) is 0. The summed E-state index contributed by atoms with van der Waals surface area (Å²) >= 11 is 0. The molecule has 1 atom stereocenters. The van der Waals surface area contributed by atoms with E-state index in [2.05, 4.69) is 0 Å². The van der Waals surface area contributed by atoms with E-state index in [4.69, 9.17) is 10.8 Å². The number of nitrogens with zero attached hydrogens (tertiary/aromatic N) is 2. The van der Waals surface area contributed by atoms with Crippen LogP contribution in [0.25, 0.3) is 0 Å². The number of nitrogens with two attached hydrogens (primary N) is 1. The second-order valence-corrected chi connectivity index (χ2v) is 4.76. The Balaban J connectivity index is 0.000000272. The monoisotopic (exact) mass is 333 g/mol. The van der Waals surface area contributed by atoms with Gasteiger partial charge < -0.3 is 10.8 Å². The SMILES string of the molecule is CC(N)c1ccccc1.O=C(O)c1cc([N+](=O)[O-])cc([N+](=O)[O-])c1. The Kier molecular flexibility index (Phi) is 6.51. The Hall–Kier alpha value is -3.33. The van der Waals surface area contributed by atoms with Gasteiger partial charge in [-0.3, -0.25) is 20.2 Å². The smallest absolute Gasteiger partial charge is 0.336 e. The number of hydrogen-bond acceptors (Lipinski definition) is 6. The van der Waals surface area contributed by atoms with Crippen LogP contribution in [0.1, 0.15) is 28.9 Å². The highest BCUT2D eigenvalue weighted by molar-refractivity contribution is 5.89. The van der Waals surface area contributed by atoms with Crippen molar-refractivity contribution < 1.29 is 19.7 Å². The van der Waals surface area contributed by atoms with Crippen LogP contribution in [0.5, 0.6) is 0 Å². The molecular weight excluding hydrogens is 318 g/mol. The van der Waals surface area contributed by atoms with Gasteiger partial charge in [-0.1, -0.05) is 30.3 Å². The first kappa shape index (κ1) is 18.7. The molecule has 0 saturated heterocycles. The van der Waals surface area contributed by atoms with Crippen LogP contribution in [0.15, 0.2) is 48.5 Å². The Morgan fingerprint density at radius 3 is 1.79 bits per heavy atom. The summed E-state index contributed by atoms with van der Waals surface area (Å²) in [6.07, 6.45) is 0. The molecule has 24 heavy (non-hydrogen) atoms. The molecule has 2 aromatic carbocycles. The highest BCUT2D eigenvalue weighted by Gasteiger charge is 2.19. The Labute approximate surface area is 136 Å². The van der Waals surface area contributed by atoms with Crippen LogP contribution in [0.4, 0.5) is 11.4 Å². The summed E-state index contributed by atoms with van der Waals surface area (Å²) in [6.45, 7) is 1.98. The molecule has 0 amide bonds. The number of benzene rings is 2. The molecule has 0 fully saturated rings. The lowest BCUT2D eigenvalue weighted by Crippen LogP contribution is -2.03. The van der Waals surface area contributed by atoms with Crippen LogP contribution in [-0.4, -0.2) is 20.9 Å². The lowest BCUT2D eigenvalue weighted by atomic mass is 10.1. The first-order chi connectivity index (χ1) is 11.2. The van der Waals surface area contributed by atoms with E-state index in [0.717, 1.165) is 12.1 Å². The van der Waals surface area contributed by atoms with Gasteiger partial charge in [-0.2, -0.15) is 0 Å². The van der Waals surface area contributed by atoms with Gasteiger partial charge in [0.1, 0.15) is 0 Å². The van der Waals surface area contributed by atoms with E-state index < -0.39 is 32.8 Å². The van der Waals surface area contributed by atoms with E-state index in [0.29, 0.717) is 6.07 Å². The highest BCUT2D eigenvalue weighted by atomic mass is 16.6. The Bertz CT molecular complexity index is 667. The van der Waals surface area contributed by atoms with E-state index in [-0.39, 0.29) is 6.04 Å². The standard InChI is InChI=1S/C8H11N.C7H4N2O6/c1-7(9)8-5-3-2-4-6-8;10-7(11)4-1-5(8(12)13)3-6(2-4)9(14)15/h2-7H,9H2,1H3;1-3H,(H,10,11). The average molecular weight is 333 g/mol. The second kappa shape index (κ2) is 8.34. The number of aromatic carboxylic acids is 1. The summed E-state index contributed by atoms with van der Waals surface area (Å²) in [6, 6.07) is 12.4. The van der Waals surface area contributed by atoms with Gasteiger partial charge >= 0.3 is 5.97 Å². The van der Waals surface area contributed by atoms with Gasteiger partial charge in [0.05, 0.1) is 21.5 Å². The largest absolute Gasteiger partial charge is 0.478 e. The molecule has 0 aliphatic heterocycles. The van der Waals surface area contributed by atoms with Crippen LogP contribution in [0.2, 0.25) is 0 Å². The van der Waals surface area contributed by atoms with Crippen LogP contribution in [0.3, 0.4) is 0 Å². The van der Waals surface area contributed by atoms with Gasteiger partial charge in [-0.25, -0.2) is 4.79 Å². The molecular formula is C15H15N3O6. The average Bonchev–Trinajstić information content (AvgIpc) is 2.55. The minimum Gasteiger partial charge on any atom is -0.478 e. The fourth-order valence-electron chi connectivity index (χ4n) is 1.69. The van der Waals surface area contributed by atoms with Crippen LogP contribution < -0.4 is 5.73 Å². The number of nitro benzene ring substituents is 2. The topological polar surface area (TPSA) is 150 Å². The fraction of sp³-hybridized carbons (Fsp3) is 0.133. The van der Waals surface area contributed by atoms with Crippen molar-refractivity contribution in [1.29, 1.82) is 0 Å². The fourth-order valence-corrected chi connectivity index (χ4v) is 1.69. The number of carbonyl (C=O) groups is 1. The zero-order chi connectivity index (χ0) is 18.3. The zero-order valence-corrected chi connectivity index (χ0v) is 12.7. The number of rotatable bonds is 4. The predicted octanol–water partition coefficient (Wildman–Crippen LogP) is 2.91. The van der Waals surface area contributed by atoms with Gasteiger partial charge in [0.15, 0.2) is 0 Å². The molecule has 0 aliphatic carbocycles. The van der Waals surface area contributed by atoms with Gasteiger partial charge in [0.25, 0.3) is 11.4 Å². The summed E-state index contributed by atoms with van der Waals surface area (Å²) in [5, 5.41) is 29.2. The number of carboxylic acids is 1. The third-order valence-electron chi connectivity index (χ3n) is 2.90. The molecule has 126 valence electrons.